The van der Waals surface area contributed by atoms with Crippen LogP contribution in [-0.2, 0) is 4.79 Å². The number of nitrogens with zero attached hydrogens (tertiary/aromatic N) is 1. The second-order valence-electron chi connectivity index (χ2n) is 10.8. The Morgan fingerprint density at radius 1 is 1.10 bits per heavy atom. The van der Waals surface area contributed by atoms with Crippen LogP contribution in [0.25, 0.3) is 10.9 Å². The van der Waals surface area contributed by atoms with Crippen LogP contribution >= 0.6 is 0 Å². The highest BCUT2D eigenvalue weighted by atomic mass is 19.1. The third-order valence-corrected chi connectivity index (χ3v) is 7.70. The second kappa shape index (κ2) is 6.52. The van der Waals surface area contributed by atoms with Gasteiger partial charge in [0.1, 0.15) is 5.82 Å². The first-order valence-electron chi connectivity index (χ1n) is 11.1. The molecule has 154 valence electrons. The van der Waals surface area contributed by atoms with Gasteiger partial charge in [0.2, 0.25) is 5.91 Å². The maximum Gasteiger partial charge on any atom is 0.226 e. The molecule has 4 atom stereocenters. The SMILES string of the molecule is CC(C)(C)NC(=O)C1(C2C[C@H]3CC(c4ccnc5ccc(F)cc45)C[C@H]3C2)CC1. The number of hydrogen-bond acceptors (Lipinski definition) is 2. The molecule has 1 amide bonds. The molecule has 0 aliphatic heterocycles. The number of carbonyl (C=O) groups is 1. The third-order valence-electron chi connectivity index (χ3n) is 7.70. The molecule has 1 aromatic heterocycles. The maximum atomic E-state index is 13.9. The first kappa shape index (κ1) is 19.0. The average Bonchev–Trinajstić information content (AvgIpc) is 3.22. The van der Waals surface area contributed by atoms with Crippen molar-refractivity contribution >= 4 is 16.8 Å². The summed E-state index contributed by atoms with van der Waals surface area (Å²) >= 11 is 0. The zero-order chi connectivity index (χ0) is 20.4. The molecular formula is C25H31FN2O. The molecule has 29 heavy (non-hydrogen) atoms. The van der Waals surface area contributed by atoms with Gasteiger partial charge >= 0.3 is 0 Å². The summed E-state index contributed by atoms with van der Waals surface area (Å²) in [6, 6.07) is 7.00. The first-order chi connectivity index (χ1) is 13.7. The Labute approximate surface area is 172 Å². The van der Waals surface area contributed by atoms with Crippen molar-refractivity contribution in [1.82, 2.24) is 10.3 Å². The van der Waals surface area contributed by atoms with Gasteiger partial charge in [-0.15, -0.1) is 0 Å². The second-order valence-corrected chi connectivity index (χ2v) is 10.8. The van der Waals surface area contributed by atoms with Crippen molar-refractivity contribution in [3.8, 4) is 0 Å². The molecule has 2 unspecified atom stereocenters. The largest absolute Gasteiger partial charge is 0.351 e. The average molecular weight is 395 g/mol. The van der Waals surface area contributed by atoms with Gasteiger partial charge in [-0.3, -0.25) is 9.78 Å². The molecule has 0 radical (unpaired) electrons. The van der Waals surface area contributed by atoms with E-state index in [1.165, 1.54) is 24.5 Å². The molecule has 1 N–H and O–H groups in total. The minimum atomic E-state index is -0.189. The molecule has 3 aliphatic rings. The van der Waals surface area contributed by atoms with Gasteiger partial charge in [-0.2, -0.15) is 0 Å². The first-order valence-corrected chi connectivity index (χ1v) is 11.1. The van der Waals surface area contributed by atoms with Crippen LogP contribution in [0.1, 0.15) is 70.8 Å². The Morgan fingerprint density at radius 2 is 1.79 bits per heavy atom. The molecule has 3 nitrogen and oxygen atoms in total. The molecule has 3 saturated carbocycles. The van der Waals surface area contributed by atoms with Gasteiger partial charge in [-0.1, -0.05) is 0 Å². The van der Waals surface area contributed by atoms with E-state index in [1.807, 2.05) is 6.20 Å². The van der Waals surface area contributed by atoms with Crippen LogP contribution in [0.15, 0.2) is 30.5 Å². The molecule has 3 aliphatic carbocycles. The van der Waals surface area contributed by atoms with Gasteiger partial charge in [-0.05, 0) is 113 Å². The molecule has 0 spiro atoms. The number of halogens is 1. The van der Waals surface area contributed by atoms with Crippen molar-refractivity contribution < 1.29 is 9.18 Å². The van der Waals surface area contributed by atoms with Crippen molar-refractivity contribution in [2.75, 3.05) is 0 Å². The van der Waals surface area contributed by atoms with E-state index in [4.69, 9.17) is 0 Å². The summed E-state index contributed by atoms with van der Waals surface area (Å²) in [5, 5.41) is 4.21. The van der Waals surface area contributed by atoms with E-state index in [2.05, 4.69) is 37.1 Å². The van der Waals surface area contributed by atoms with Crippen LogP contribution in [-0.4, -0.2) is 16.4 Å². The zero-order valence-electron chi connectivity index (χ0n) is 17.7. The normalized spacial score (nSPS) is 30.3. The van der Waals surface area contributed by atoms with Crippen molar-refractivity contribution in [2.45, 2.75) is 70.8 Å². The van der Waals surface area contributed by atoms with Gasteiger partial charge in [0, 0.05) is 17.1 Å². The summed E-state index contributed by atoms with van der Waals surface area (Å²) in [6.07, 6.45) is 8.64. The Morgan fingerprint density at radius 3 is 2.41 bits per heavy atom. The van der Waals surface area contributed by atoms with Crippen molar-refractivity contribution in [3.05, 3.63) is 41.8 Å². The van der Waals surface area contributed by atoms with E-state index in [0.29, 0.717) is 23.7 Å². The van der Waals surface area contributed by atoms with Crippen LogP contribution < -0.4 is 5.32 Å². The van der Waals surface area contributed by atoms with Crippen LogP contribution in [0.3, 0.4) is 0 Å². The third kappa shape index (κ3) is 3.35. The van der Waals surface area contributed by atoms with Crippen molar-refractivity contribution in [1.29, 1.82) is 0 Å². The monoisotopic (exact) mass is 394 g/mol. The number of pyridine rings is 1. The fourth-order valence-corrected chi connectivity index (χ4v) is 6.24. The molecule has 3 fully saturated rings. The fourth-order valence-electron chi connectivity index (χ4n) is 6.24. The zero-order valence-corrected chi connectivity index (χ0v) is 17.7. The minimum Gasteiger partial charge on any atom is -0.351 e. The molecule has 2 aromatic rings. The number of hydrogen-bond donors (Lipinski definition) is 1. The summed E-state index contributed by atoms with van der Waals surface area (Å²) in [6.45, 7) is 6.20. The Kier molecular flexibility index (Phi) is 4.27. The fraction of sp³-hybridized carbons (Fsp3) is 0.600. The lowest BCUT2D eigenvalue weighted by atomic mass is 9.82. The van der Waals surface area contributed by atoms with Gasteiger partial charge in [0.25, 0.3) is 0 Å². The quantitative estimate of drug-likeness (QED) is 0.737. The number of nitrogens with one attached hydrogen (secondary N) is 1. The maximum absolute atomic E-state index is 13.9. The van der Waals surface area contributed by atoms with E-state index < -0.39 is 0 Å². The van der Waals surface area contributed by atoms with Gasteiger partial charge in [-0.25, -0.2) is 4.39 Å². The predicted molar refractivity (Wildman–Crippen MR) is 113 cm³/mol. The highest BCUT2D eigenvalue weighted by molar-refractivity contribution is 5.86. The summed E-state index contributed by atoms with van der Waals surface area (Å²) in [5.41, 5.74) is 1.88. The lowest BCUT2D eigenvalue weighted by Gasteiger charge is -2.29. The van der Waals surface area contributed by atoms with Crippen LogP contribution in [0.5, 0.6) is 0 Å². The number of aromatic nitrogens is 1. The highest BCUT2D eigenvalue weighted by Crippen LogP contribution is 2.63. The Balaban J connectivity index is 1.31. The molecule has 0 bridgehead atoms. The van der Waals surface area contributed by atoms with E-state index in [1.54, 1.807) is 12.1 Å². The van der Waals surface area contributed by atoms with E-state index >= 15 is 0 Å². The Hall–Kier alpha value is -1.97. The summed E-state index contributed by atoms with van der Waals surface area (Å²) in [4.78, 5) is 17.4. The van der Waals surface area contributed by atoms with Crippen LogP contribution in [0, 0.1) is 29.0 Å². The molecule has 1 aromatic carbocycles. The van der Waals surface area contributed by atoms with Gasteiger partial charge in [0.05, 0.1) is 10.9 Å². The molecule has 5 rings (SSSR count). The predicted octanol–water partition coefficient (Wildman–Crippen LogP) is 5.59. The summed E-state index contributed by atoms with van der Waals surface area (Å²) < 4.78 is 13.9. The van der Waals surface area contributed by atoms with Gasteiger partial charge in [0.15, 0.2) is 0 Å². The number of rotatable bonds is 3. The molecule has 1 heterocycles. The van der Waals surface area contributed by atoms with Crippen LogP contribution in [0.4, 0.5) is 4.39 Å². The number of amides is 1. The molecule has 4 heteroatoms. The Bertz CT molecular complexity index is 945. The number of benzene rings is 1. The standard InChI is InChI=1S/C25H31FN2O/c1-24(2,3)28-23(29)25(7-8-25)18-12-15-10-17(11-16(15)13-18)20-6-9-27-22-5-4-19(26)14-21(20)22/h4-6,9,14-18H,7-8,10-13H2,1-3H3,(H,28,29)/t15-,16+,17?,18?. The summed E-state index contributed by atoms with van der Waals surface area (Å²) in [7, 11) is 0. The summed E-state index contributed by atoms with van der Waals surface area (Å²) in [5.74, 6) is 2.50. The van der Waals surface area contributed by atoms with Crippen LogP contribution in [0.2, 0.25) is 0 Å². The highest BCUT2D eigenvalue weighted by Gasteiger charge is 2.59. The van der Waals surface area contributed by atoms with Crippen molar-refractivity contribution in [2.24, 2.45) is 23.2 Å². The smallest absolute Gasteiger partial charge is 0.226 e. The lowest BCUT2D eigenvalue weighted by molar-refractivity contribution is -0.129. The number of carbonyl (C=O) groups excluding carboxylic acids is 1. The molecule has 0 saturated heterocycles. The van der Waals surface area contributed by atoms with Gasteiger partial charge < -0.3 is 5.32 Å². The minimum absolute atomic E-state index is 0.0976. The van der Waals surface area contributed by atoms with E-state index in [-0.39, 0.29) is 22.7 Å². The van der Waals surface area contributed by atoms with Crippen molar-refractivity contribution in [3.63, 3.8) is 0 Å². The topological polar surface area (TPSA) is 42.0 Å². The molecular weight excluding hydrogens is 363 g/mol. The lowest BCUT2D eigenvalue weighted by Crippen LogP contribution is -2.46. The van der Waals surface area contributed by atoms with E-state index in [0.717, 1.165) is 36.6 Å². The van der Waals surface area contributed by atoms with E-state index in [9.17, 15) is 9.18 Å². The number of fused-ring (bicyclic) bond motifs is 2.